The number of hydrogen-bond acceptors (Lipinski definition) is 3. The number of ether oxygens (including phenoxy) is 1. The Hall–Kier alpha value is -2.53. The summed E-state index contributed by atoms with van der Waals surface area (Å²) in [6, 6.07) is 5.41. The van der Waals surface area contributed by atoms with Crippen LogP contribution in [0, 0.1) is 0 Å². The lowest BCUT2D eigenvalue weighted by molar-refractivity contribution is 0.0379. The molecular formula is C11H12N4O3. The van der Waals surface area contributed by atoms with E-state index in [4.69, 9.17) is 10.3 Å². The van der Waals surface area contributed by atoms with Gasteiger partial charge >= 0.3 is 12.0 Å². The molecule has 0 spiro atoms. The number of nitrogens with one attached hydrogen (secondary N) is 1. The zero-order chi connectivity index (χ0) is 13.5. The van der Waals surface area contributed by atoms with Crippen molar-refractivity contribution < 1.29 is 14.3 Å². The zero-order valence-corrected chi connectivity index (χ0v) is 9.95. The Labute approximate surface area is 103 Å². The number of para-hydroxylation sites is 1. The first-order valence-electron chi connectivity index (χ1n) is 5.20. The SMILES string of the molecule is CC(C)OC(=O)c1ccccc1NC(=O)N=[N+]=[N-]. The van der Waals surface area contributed by atoms with E-state index in [2.05, 4.69) is 15.3 Å². The average molecular weight is 248 g/mol. The topological polar surface area (TPSA) is 104 Å². The molecule has 1 rings (SSSR count). The predicted octanol–water partition coefficient (Wildman–Crippen LogP) is 3.09. The second kappa shape index (κ2) is 6.27. The molecular weight excluding hydrogens is 236 g/mol. The smallest absolute Gasteiger partial charge is 0.340 e. The van der Waals surface area contributed by atoms with Crippen LogP contribution in [0.5, 0.6) is 0 Å². The number of carbonyl (C=O) groups is 2. The third-order valence-corrected chi connectivity index (χ3v) is 1.87. The van der Waals surface area contributed by atoms with Crippen LogP contribution in [0.1, 0.15) is 24.2 Å². The molecule has 0 radical (unpaired) electrons. The molecule has 0 saturated heterocycles. The number of anilines is 1. The second-order valence-corrected chi connectivity index (χ2v) is 3.62. The van der Waals surface area contributed by atoms with Gasteiger partial charge in [-0.15, -0.1) is 0 Å². The first-order valence-corrected chi connectivity index (χ1v) is 5.20. The molecule has 0 aliphatic heterocycles. The van der Waals surface area contributed by atoms with Crippen molar-refractivity contribution in [3.63, 3.8) is 0 Å². The van der Waals surface area contributed by atoms with Crippen LogP contribution in [0.15, 0.2) is 29.4 Å². The van der Waals surface area contributed by atoms with Gasteiger partial charge in [0.2, 0.25) is 0 Å². The number of amides is 2. The third-order valence-electron chi connectivity index (χ3n) is 1.87. The van der Waals surface area contributed by atoms with Gasteiger partial charge in [-0.05, 0) is 31.5 Å². The van der Waals surface area contributed by atoms with Crippen LogP contribution in [-0.2, 0) is 4.74 Å². The molecule has 1 N–H and O–H groups in total. The molecule has 0 saturated carbocycles. The van der Waals surface area contributed by atoms with Gasteiger partial charge in [-0.1, -0.05) is 12.1 Å². The minimum absolute atomic E-state index is 0.202. The molecule has 0 aromatic heterocycles. The van der Waals surface area contributed by atoms with Gasteiger partial charge in [-0.25, -0.2) is 4.79 Å². The lowest BCUT2D eigenvalue weighted by Crippen LogP contribution is -2.15. The molecule has 94 valence electrons. The van der Waals surface area contributed by atoms with E-state index >= 15 is 0 Å². The molecule has 0 bridgehead atoms. The van der Waals surface area contributed by atoms with Crippen LogP contribution in [0.2, 0.25) is 0 Å². The van der Waals surface area contributed by atoms with Crippen molar-refractivity contribution in [2.75, 3.05) is 5.32 Å². The van der Waals surface area contributed by atoms with E-state index in [1.54, 1.807) is 26.0 Å². The predicted molar refractivity (Wildman–Crippen MR) is 65.2 cm³/mol. The van der Waals surface area contributed by atoms with E-state index in [9.17, 15) is 9.59 Å². The highest BCUT2D eigenvalue weighted by molar-refractivity contribution is 6.01. The minimum atomic E-state index is -0.887. The molecule has 18 heavy (non-hydrogen) atoms. The van der Waals surface area contributed by atoms with Gasteiger partial charge in [0.1, 0.15) is 0 Å². The van der Waals surface area contributed by atoms with Gasteiger partial charge in [-0.3, -0.25) is 4.79 Å². The van der Waals surface area contributed by atoms with Crippen LogP contribution >= 0.6 is 0 Å². The number of hydrogen-bond donors (Lipinski definition) is 1. The average Bonchev–Trinajstić information content (AvgIpc) is 2.28. The first kappa shape index (κ1) is 13.5. The van der Waals surface area contributed by atoms with Crippen molar-refractivity contribution in [2.24, 2.45) is 5.11 Å². The number of benzene rings is 1. The fourth-order valence-corrected chi connectivity index (χ4v) is 1.23. The Morgan fingerprint density at radius 3 is 2.67 bits per heavy atom. The highest BCUT2D eigenvalue weighted by Crippen LogP contribution is 2.17. The fourth-order valence-electron chi connectivity index (χ4n) is 1.23. The molecule has 0 atom stereocenters. The summed E-state index contributed by atoms with van der Waals surface area (Å²) in [7, 11) is 0. The number of nitrogens with zero attached hydrogens (tertiary/aromatic N) is 3. The van der Waals surface area contributed by atoms with E-state index in [0.29, 0.717) is 0 Å². The van der Waals surface area contributed by atoms with Crippen LogP contribution in [0.3, 0.4) is 0 Å². The minimum Gasteiger partial charge on any atom is -0.459 e. The molecule has 0 unspecified atom stereocenters. The van der Waals surface area contributed by atoms with Crippen LogP contribution in [0.4, 0.5) is 10.5 Å². The number of esters is 1. The van der Waals surface area contributed by atoms with Gasteiger partial charge in [0.25, 0.3) is 0 Å². The maximum absolute atomic E-state index is 11.7. The summed E-state index contributed by atoms with van der Waals surface area (Å²) < 4.78 is 5.02. The summed E-state index contributed by atoms with van der Waals surface area (Å²) in [5.41, 5.74) is 8.56. The highest BCUT2D eigenvalue weighted by Gasteiger charge is 2.14. The molecule has 1 aromatic carbocycles. The molecule has 1 aromatic rings. The molecule has 0 aliphatic carbocycles. The first-order chi connectivity index (χ1) is 8.54. The Balaban J connectivity index is 2.95. The zero-order valence-electron chi connectivity index (χ0n) is 9.95. The molecule has 0 fully saturated rings. The van der Waals surface area contributed by atoms with Gasteiger partial charge in [-0.2, -0.15) is 0 Å². The van der Waals surface area contributed by atoms with Crippen molar-refractivity contribution in [1.82, 2.24) is 0 Å². The third kappa shape index (κ3) is 3.80. The normalized spacial score (nSPS) is 9.50. The van der Waals surface area contributed by atoms with Crippen LogP contribution in [0.25, 0.3) is 10.4 Å². The van der Waals surface area contributed by atoms with Gasteiger partial charge in [0.15, 0.2) is 0 Å². The maximum atomic E-state index is 11.7. The Bertz CT molecular complexity index is 507. The van der Waals surface area contributed by atoms with E-state index in [-0.39, 0.29) is 17.4 Å². The monoisotopic (exact) mass is 248 g/mol. The van der Waals surface area contributed by atoms with Crippen molar-refractivity contribution in [3.05, 3.63) is 40.3 Å². The van der Waals surface area contributed by atoms with Crippen molar-refractivity contribution >= 4 is 17.7 Å². The number of urea groups is 1. The Morgan fingerprint density at radius 1 is 1.39 bits per heavy atom. The summed E-state index contributed by atoms with van der Waals surface area (Å²) >= 11 is 0. The van der Waals surface area contributed by atoms with Crippen LogP contribution in [-0.4, -0.2) is 18.1 Å². The van der Waals surface area contributed by atoms with E-state index < -0.39 is 12.0 Å². The summed E-state index contributed by atoms with van der Waals surface area (Å²) in [4.78, 5) is 25.2. The fraction of sp³-hybridized carbons (Fsp3) is 0.273. The molecule has 0 aliphatic rings. The molecule has 7 heteroatoms. The van der Waals surface area contributed by atoms with E-state index in [1.165, 1.54) is 12.1 Å². The number of azide groups is 1. The largest absolute Gasteiger partial charge is 0.459 e. The van der Waals surface area contributed by atoms with Gasteiger partial charge in [0, 0.05) is 10.0 Å². The standard InChI is InChI=1S/C11H12N4O3/c1-7(2)18-10(16)8-5-3-4-6-9(8)13-11(17)14-15-12/h3-7H,1-2H3,(H,13,17). The van der Waals surface area contributed by atoms with Crippen LogP contribution < -0.4 is 5.32 Å². The van der Waals surface area contributed by atoms with E-state index in [1.807, 2.05) is 0 Å². The maximum Gasteiger partial charge on any atom is 0.340 e. The molecule has 0 heterocycles. The highest BCUT2D eigenvalue weighted by atomic mass is 16.5. The van der Waals surface area contributed by atoms with E-state index in [0.717, 1.165) is 0 Å². The summed E-state index contributed by atoms with van der Waals surface area (Å²) in [6.07, 6.45) is -0.265. The van der Waals surface area contributed by atoms with Crippen molar-refractivity contribution in [2.45, 2.75) is 20.0 Å². The summed E-state index contributed by atoms with van der Waals surface area (Å²) in [6.45, 7) is 3.44. The number of rotatable bonds is 3. The Morgan fingerprint density at radius 2 is 2.06 bits per heavy atom. The Kier molecular flexibility index (Phi) is 4.71. The lowest BCUT2D eigenvalue weighted by atomic mass is 10.2. The van der Waals surface area contributed by atoms with Gasteiger partial charge in [0.05, 0.1) is 17.4 Å². The van der Waals surface area contributed by atoms with Crippen molar-refractivity contribution in [3.8, 4) is 0 Å². The lowest BCUT2D eigenvalue weighted by Gasteiger charge is -2.11. The quantitative estimate of drug-likeness (QED) is 0.384. The summed E-state index contributed by atoms with van der Waals surface area (Å²) in [5.74, 6) is -0.554. The van der Waals surface area contributed by atoms with Crippen molar-refractivity contribution in [1.29, 1.82) is 0 Å². The summed E-state index contributed by atoms with van der Waals surface area (Å²) in [5, 5.41) is 5.17. The molecule has 2 amide bonds. The second-order valence-electron chi connectivity index (χ2n) is 3.62. The molecule has 7 nitrogen and oxygen atoms in total. The number of carbonyl (C=O) groups excluding carboxylic acids is 2. The van der Waals surface area contributed by atoms with Gasteiger partial charge < -0.3 is 10.1 Å².